The number of hydrogen-bond donors (Lipinski definition) is 2. The molecule has 0 aliphatic heterocycles. The standard InChI is InChI=1S/C20H19FN4O2S2/c21-15-7-5-14(6-8-15)20(27)23-17-9-10-19(25-24-17)29-12-2-4-18(26)22-13-16-3-1-11-28-16/h1,3,5-11H,2,4,12-13H2,(H,22,26)(H,23,24,27). The van der Waals surface area contributed by atoms with Crippen LogP contribution in [0, 0.1) is 5.82 Å². The van der Waals surface area contributed by atoms with Gasteiger partial charge in [0.2, 0.25) is 5.91 Å². The third-order valence-electron chi connectivity index (χ3n) is 3.83. The van der Waals surface area contributed by atoms with Crippen LogP contribution >= 0.6 is 23.1 Å². The molecule has 29 heavy (non-hydrogen) atoms. The van der Waals surface area contributed by atoms with Gasteiger partial charge in [-0.1, -0.05) is 6.07 Å². The van der Waals surface area contributed by atoms with Gasteiger partial charge in [0.15, 0.2) is 5.82 Å². The molecule has 0 spiro atoms. The zero-order chi connectivity index (χ0) is 20.5. The van der Waals surface area contributed by atoms with Crippen LogP contribution in [0.4, 0.5) is 10.2 Å². The van der Waals surface area contributed by atoms with E-state index in [-0.39, 0.29) is 11.8 Å². The van der Waals surface area contributed by atoms with Gasteiger partial charge in [0.1, 0.15) is 10.8 Å². The highest BCUT2D eigenvalue weighted by atomic mass is 32.2. The lowest BCUT2D eigenvalue weighted by Crippen LogP contribution is -2.21. The second-order valence-electron chi connectivity index (χ2n) is 6.03. The van der Waals surface area contributed by atoms with E-state index in [4.69, 9.17) is 0 Å². The van der Waals surface area contributed by atoms with Crippen LogP contribution in [0.25, 0.3) is 0 Å². The minimum absolute atomic E-state index is 0.0314. The summed E-state index contributed by atoms with van der Waals surface area (Å²) in [5.74, 6) is 0.305. The summed E-state index contributed by atoms with van der Waals surface area (Å²) in [5, 5.41) is 16.3. The van der Waals surface area contributed by atoms with Crippen molar-refractivity contribution in [2.75, 3.05) is 11.1 Å². The van der Waals surface area contributed by atoms with Gasteiger partial charge in [0.05, 0.1) is 6.54 Å². The van der Waals surface area contributed by atoms with E-state index in [1.165, 1.54) is 36.0 Å². The molecule has 0 saturated carbocycles. The molecular formula is C20H19FN4O2S2. The molecular weight excluding hydrogens is 411 g/mol. The van der Waals surface area contributed by atoms with E-state index < -0.39 is 5.82 Å². The highest BCUT2D eigenvalue weighted by Gasteiger charge is 2.08. The second kappa shape index (κ2) is 10.7. The number of thiophene rings is 1. The Morgan fingerprint density at radius 1 is 1.07 bits per heavy atom. The first-order valence-electron chi connectivity index (χ1n) is 8.93. The van der Waals surface area contributed by atoms with Gasteiger partial charge >= 0.3 is 0 Å². The summed E-state index contributed by atoms with van der Waals surface area (Å²) in [4.78, 5) is 25.0. The lowest BCUT2D eigenvalue weighted by atomic mass is 10.2. The summed E-state index contributed by atoms with van der Waals surface area (Å²) in [5.41, 5.74) is 0.337. The quantitative estimate of drug-likeness (QED) is 0.394. The maximum Gasteiger partial charge on any atom is 0.256 e. The SMILES string of the molecule is O=C(CCCSc1ccc(NC(=O)c2ccc(F)cc2)nn1)NCc1cccs1. The fraction of sp³-hybridized carbons (Fsp3) is 0.200. The number of halogens is 1. The Morgan fingerprint density at radius 3 is 2.59 bits per heavy atom. The molecule has 1 aromatic carbocycles. The van der Waals surface area contributed by atoms with Crippen LogP contribution in [0.15, 0.2) is 58.9 Å². The monoisotopic (exact) mass is 430 g/mol. The number of carbonyl (C=O) groups excluding carboxylic acids is 2. The van der Waals surface area contributed by atoms with Crippen LogP contribution in [-0.4, -0.2) is 27.8 Å². The minimum atomic E-state index is -0.400. The molecule has 0 aliphatic carbocycles. The first kappa shape index (κ1) is 20.9. The Morgan fingerprint density at radius 2 is 1.90 bits per heavy atom. The van der Waals surface area contributed by atoms with Crippen LogP contribution in [0.3, 0.4) is 0 Å². The number of nitrogens with zero attached hydrogens (tertiary/aromatic N) is 2. The molecule has 9 heteroatoms. The molecule has 3 rings (SSSR count). The summed E-state index contributed by atoms with van der Waals surface area (Å²) in [6, 6.07) is 12.6. The Kier molecular flexibility index (Phi) is 7.71. The lowest BCUT2D eigenvalue weighted by molar-refractivity contribution is -0.121. The average molecular weight is 431 g/mol. The van der Waals surface area contributed by atoms with Crippen molar-refractivity contribution in [2.45, 2.75) is 24.4 Å². The summed E-state index contributed by atoms with van der Waals surface area (Å²) in [7, 11) is 0. The number of aromatic nitrogens is 2. The number of anilines is 1. The van der Waals surface area contributed by atoms with Crippen molar-refractivity contribution >= 4 is 40.7 Å². The molecule has 0 unspecified atom stereocenters. The predicted octanol–water partition coefficient (Wildman–Crippen LogP) is 4.12. The zero-order valence-corrected chi connectivity index (χ0v) is 17.1. The van der Waals surface area contributed by atoms with E-state index >= 15 is 0 Å². The number of nitrogens with one attached hydrogen (secondary N) is 2. The largest absolute Gasteiger partial charge is 0.351 e. The van der Waals surface area contributed by atoms with Crippen LogP contribution in [0.1, 0.15) is 28.1 Å². The summed E-state index contributed by atoms with van der Waals surface area (Å²) >= 11 is 3.12. The maximum atomic E-state index is 12.9. The lowest BCUT2D eigenvalue weighted by Gasteiger charge is -2.05. The van der Waals surface area contributed by atoms with Crippen LogP contribution in [0.5, 0.6) is 0 Å². The van der Waals surface area contributed by atoms with Crippen molar-refractivity contribution in [1.82, 2.24) is 15.5 Å². The van der Waals surface area contributed by atoms with Gasteiger partial charge in [-0.3, -0.25) is 9.59 Å². The number of amides is 2. The van der Waals surface area contributed by atoms with Crippen molar-refractivity contribution in [1.29, 1.82) is 0 Å². The molecule has 150 valence electrons. The average Bonchev–Trinajstić information content (AvgIpc) is 3.25. The molecule has 0 bridgehead atoms. The van der Waals surface area contributed by atoms with Crippen molar-refractivity contribution in [3.63, 3.8) is 0 Å². The molecule has 6 nitrogen and oxygen atoms in total. The number of carbonyl (C=O) groups is 2. The van der Waals surface area contributed by atoms with Crippen molar-refractivity contribution < 1.29 is 14.0 Å². The Hall–Kier alpha value is -2.78. The molecule has 3 aromatic rings. The van der Waals surface area contributed by atoms with Gasteiger partial charge in [-0.25, -0.2) is 4.39 Å². The summed E-state index contributed by atoms with van der Waals surface area (Å²) < 4.78 is 12.9. The van der Waals surface area contributed by atoms with E-state index in [1.807, 2.05) is 17.5 Å². The number of thioether (sulfide) groups is 1. The molecule has 2 aromatic heterocycles. The molecule has 2 heterocycles. The molecule has 0 radical (unpaired) electrons. The van der Waals surface area contributed by atoms with Gasteiger partial charge in [-0.2, -0.15) is 0 Å². The fourth-order valence-electron chi connectivity index (χ4n) is 2.35. The fourth-order valence-corrected chi connectivity index (χ4v) is 3.76. The van der Waals surface area contributed by atoms with Gasteiger partial charge in [-0.15, -0.1) is 33.3 Å². The Labute approximate surface area is 175 Å². The van der Waals surface area contributed by atoms with E-state index in [1.54, 1.807) is 23.5 Å². The van der Waals surface area contributed by atoms with Crippen molar-refractivity contribution in [2.24, 2.45) is 0 Å². The third kappa shape index (κ3) is 6.95. The smallest absolute Gasteiger partial charge is 0.256 e. The molecule has 0 fully saturated rings. The van der Waals surface area contributed by atoms with Gasteiger partial charge in [-0.05, 0) is 54.3 Å². The second-order valence-corrected chi connectivity index (χ2v) is 8.17. The maximum absolute atomic E-state index is 12.9. The first-order chi connectivity index (χ1) is 14.1. The highest BCUT2D eigenvalue weighted by Crippen LogP contribution is 2.17. The number of hydrogen-bond acceptors (Lipinski definition) is 6. The Balaban J connectivity index is 1.36. The molecule has 2 N–H and O–H groups in total. The first-order valence-corrected chi connectivity index (χ1v) is 10.8. The summed E-state index contributed by atoms with van der Waals surface area (Å²) in [6.07, 6.45) is 1.18. The molecule has 0 atom stereocenters. The normalized spacial score (nSPS) is 10.5. The predicted molar refractivity (Wildman–Crippen MR) is 113 cm³/mol. The third-order valence-corrected chi connectivity index (χ3v) is 5.71. The number of benzene rings is 1. The van der Waals surface area contributed by atoms with E-state index in [0.717, 1.165) is 17.1 Å². The Bertz CT molecular complexity index is 932. The van der Waals surface area contributed by atoms with E-state index in [2.05, 4.69) is 20.8 Å². The topological polar surface area (TPSA) is 84.0 Å². The summed E-state index contributed by atoms with van der Waals surface area (Å²) in [6.45, 7) is 0.570. The van der Waals surface area contributed by atoms with Crippen LogP contribution < -0.4 is 10.6 Å². The van der Waals surface area contributed by atoms with Gasteiger partial charge in [0.25, 0.3) is 5.91 Å². The highest BCUT2D eigenvalue weighted by molar-refractivity contribution is 7.99. The zero-order valence-electron chi connectivity index (χ0n) is 15.4. The van der Waals surface area contributed by atoms with Crippen LogP contribution in [-0.2, 0) is 11.3 Å². The van der Waals surface area contributed by atoms with E-state index in [9.17, 15) is 14.0 Å². The molecule has 0 aliphatic rings. The van der Waals surface area contributed by atoms with Crippen molar-refractivity contribution in [3.8, 4) is 0 Å². The van der Waals surface area contributed by atoms with Gasteiger partial charge in [0, 0.05) is 22.6 Å². The number of rotatable bonds is 9. The minimum Gasteiger partial charge on any atom is -0.351 e. The molecule has 0 saturated heterocycles. The van der Waals surface area contributed by atoms with Crippen molar-refractivity contribution in [3.05, 3.63) is 70.2 Å². The molecule has 2 amide bonds. The van der Waals surface area contributed by atoms with Crippen LogP contribution in [0.2, 0.25) is 0 Å². The van der Waals surface area contributed by atoms with Gasteiger partial charge < -0.3 is 10.6 Å². The van der Waals surface area contributed by atoms with E-state index in [0.29, 0.717) is 29.4 Å².